The first-order valence-electron chi connectivity index (χ1n) is 5.09. The van der Waals surface area contributed by atoms with Crippen LogP contribution in [0.1, 0.15) is 12.8 Å². The summed E-state index contributed by atoms with van der Waals surface area (Å²) in [4.78, 5) is 41.2. The Hall–Kier alpha value is 1.53. The summed E-state index contributed by atoms with van der Waals surface area (Å²) in [6, 6.07) is -3.80. The molecule has 16 heteroatoms. The number of carbonyl (C=O) groups excluding carboxylic acids is 4. The minimum Gasteiger partial charge on any atom is -0.550 e. The summed E-state index contributed by atoms with van der Waals surface area (Å²) in [5.41, 5.74) is 9.24. The number of hydrogen-bond acceptors (Lipinski definition) is 10. The van der Waals surface area contributed by atoms with Crippen molar-refractivity contribution in [2.75, 3.05) is 0 Å². The summed E-state index contributed by atoms with van der Waals surface area (Å²) in [5, 5.41) is 42.9. The molecule has 0 rings (SSSR count). The Kier molecular flexibility index (Phi) is 38.7. The predicted molar refractivity (Wildman–Crippen MR) is 60.9 cm³/mol. The molecule has 25 heavy (non-hydrogen) atoms. The third-order valence-electron chi connectivity index (χ3n) is 1.71. The summed E-state index contributed by atoms with van der Waals surface area (Å²) < 4.78 is 0. The number of carboxylic acid groups (broad SMARTS) is 4. The second-order valence-electron chi connectivity index (χ2n) is 3.46. The van der Waals surface area contributed by atoms with Gasteiger partial charge in [0.15, 0.2) is 5.11 Å². The second-order valence-corrected chi connectivity index (χ2v) is 3.94. The van der Waals surface area contributed by atoms with Crippen LogP contribution >= 0.6 is 12.2 Å². The largest absolute Gasteiger partial charge is 1.00 e. The van der Waals surface area contributed by atoms with Crippen molar-refractivity contribution in [1.82, 2.24) is 5.32 Å². The van der Waals surface area contributed by atoms with Gasteiger partial charge < -0.3 is 56.4 Å². The molecule has 0 aromatic carbocycles. The maximum absolute atomic E-state index is 10.4. The summed E-state index contributed by atoms with van der Waals surface area (Å²) >= 11 is 4.09. The Morgan fingerprint density at radius 1 is 0.760 bits per heavy atom. The van der Waals surface area contributed by atoms with E-state index in [0.717, 1.165) is 0 Å². The zero-order valence-corrected chi connectivity index (χ0v) is 23.2. The number of carbonyl (C=O) groups is 4. The zero-order chi connectivity index (χ0) is 17.2. The normalized spacial score (nSPS) is 10.2. The molecule has 0 amide bonds. The molecule has 0 heterocycles. The third kappa shape index (κ3) is 30.5. The fraction of sp³-hybridized carbons (Fsp3) is 0.444. The van der Waals surface area contributed by atoms with Crippen LogP contribution in [0.15, 0.2) is 0 Å². The van der Waals surface area contributed by atoms with Gasteiger partial charge in [0.1, 0.15) is 0 Å². The quantitative estimate of drug-likeness (QED) is 0.249. The van der Waals surface area contributed by atoms with Crippen molar-refractivity contribution in [1.29, 1.82) is 0 Å². The first-order valence-corrected chi connectivity index (χ1v) is 5.50. The van der Waals surface area contributed by atoms with Gasteiger partial charge >= 0.3 is 118 Å². The van der Waals surface area contributed by atoms with E-state index >= 15 is 0 Å². The Balaban J connectivity index is -0.000000102. The summed E-state index contributed by atoms with van der Waals surface area (Å²) in [5.74, 6) is -7.34. The van der Waals surface area contributed by atoms with Gasteiger partial charge in [0.2, 0.25) is 0 Å². The molecule has 0 fully saturated rings. The third-order valence-corrected chi connectivity index (χ3v) is 1.71. The van der Waals surface area contributed by atoms with E-state index in [4.69, 9.17) is 0 Å². The summed E-state index contributed by atoms with van der Waals surface area (Å²) in [6.07, 6.45) is -2.14. The molecule has 0 aliphatic carbocycles. The van der Waals surface area contributed by atoms with Gasteiger partial charge in [0.05, 0.1) is 24.0 Å². The Morgan fingerprint density at radius 3 is 1.08 bits per heavy atom. The van der Waals surface area contributed by atoms with Crippen molar-refractivity contribution in [3.63, 3.8) is 0 Å². The van der Waals surface area contributed by atoms with Gasteiger partial charge in [-0.15, -0.1) is 0 Å². The van der Waals surface area contributed by atoms with Gasteiger partial charge in [-0.3, -0.25) is 0 Å². The van der Waals surface area contributed by atoms with Gasteiger partial charge in [-0.2, -0.15) is 0 Å². The monoisotopic (exact) mass is 413 g/mol. The van der Waals surface area contributed by atoms with Crippen LogP contribution in [0.2, 0.25) is 0 Å². The van der Waals surface area contributed by atoms with Gasteiger partial charge in [0, 0.05) is 24.8 Å². The van der Waals surface area contributed by atoms with E-state index in [1.807, 2.05) is 0 Å². The number of carboxylic acids is 4. The second kappa shape index (κ2) is 23.6. The maximum atomic E-state index is 10.4. The number of thiocarbonyl (C=S) groups is 1. The van der Waals surface area contributed by atoms with Gasteiger partial charge in [-0.1, -0.05) is 0 Å². The van der Waals surface area contributed by atoms with Crippen LogP contribution in [0.3, 0.4) is 0 Å². The number of nitrogens with one attached hydrogen (secondary N) is 1. The van der Waals surface area contributed by atoms with Crippen LogP contribution in [0.25, 0.3) is 0 Å². The molecule has 5 N–H and O–H groups in total. The van der Waals surface area contributed by atoms with Crippen molar-refractivity contribution in [3.8, 4) is 0 Å². The molecule has 2 atom stereocenters. The summed E-state index contributed by atoms with van der Waals surface area (Å²) in [7, 11) is 0. The van der Waals surface area contributed by atoms with Crippen molar-refractivity contribution in [3.05, 3.63) is 0 Å². The van der Waals surface area contributed by atoms with Crippen LogP contribution in [-0.4, -0.2) is 41.1 Å². The van der Waals surface area contributed by atoms with Crippen LogP contribution in [0, 0.1) is 0 Å². The minimum atomic E-state index is -1.90. The van der Waals surface area contributed by atoms with Crippen LogP contribution < -0.4 is 155 Å². The number of aliphatic carboxylic acids is 4. The molecular weight excluding hydrogens is 402 g/mol. The van der Waals surface area contributed by atoms with E-state index in [1.54, 1.807) is 5.32 Å². The van der Waals surface area contributed by atoms with Crippen molar-refractivity contribution < 1.29 is 158 Å². The van der Waals surface area contributed by atoms with Gasteiger partial charge in [-0.25, -0.2) is 0 Å². The Morgan fingerprint density at radius 2 is 0.960 bits per heavy atom. The number of nitrogens with two attached hydrogens (primary N) is 2. The molecule has 0 aliphatic rings. The smallest absolute Gasteiger partial charge is 0.550 e. The van der Waals surface area contributed by atoms with Crippen molar-refractivity contribution >= 4 is 41.2 Å². The minimum absolute atomic E-state index is 0. The van der Waals surface area contributed by atoms with Crippen LogP contribution in [0.4, 0.5) is 0 Å². The Bertz CT molecular complexity index is 407. The van der Waals surface area contributed by atoms with E-state index in [-0.39, 0.29) is 123 Å². The molecule has 11 nitrogen and oxygen atoms in total. The average molecular weight is 413 g/mol. The zero-order valence-electron chi connectivity index (χ0n) is 14.4. The molecule has 0 spiro atoms. The Labute approximate surface area is 237 Å². The van der Waals surface area contributed by atoms with Gasteiger partial charge in [0.25, 0.3) is 0 Å². The molecule has 0 aromatic heterocycles. The molecule has 0 radical (unpaired) electrons. The van der Waals surface area contributed by atoms with Crippen LogP contribution in [-0.2, 0) is 19.2 Å². The molecule has 120 valence electrons. The summed E-state index contributed by atoms with van der Waals surface area (Å²) in [6.45, 7) is 0. The first kappa shape index (κ1) is 41.0. The average Bonchev–Trinajstić information content (AvgIpc) is 2.24. The number of rotatable bonds is 8. The van der Waals surface area contributed by atoms with Crippen LogP contribution in [0.5, 0.6) is 0 Å². The van der Waals surface area contributed by atoms with Gasteiger partial charge in [-0.05, 0) is 12.2 Å². The van der Waals surface area contributed by atoms with E-state index in [0.29, 0.717) is 0 Å². The topological polar surface area (TPSA) is 225 Å². The fourth-order valence-corrected chi connectivity index (χ4v) is 0.997. The first-order chi connectivity index (χ1) is 9.47. The van der Waals surface area contributed by atoms with Crippen molar-refractivity contribution in [2.45, 2.75) is 24.9 Å². The molecule has 0 bridgehead atoms. The fourth-order valence-electron chi connectivity index (χ4n) is 0.997. The molecule has 0 aromatic rings. The van der Waals surface area contributed by atoms with E-state index in [2.05, 4.69) is 23.7 Å². The predicted octanol–water partition coefficient (Wildman–Crippen LogP) is -19.7. The number of hydrogen-bond donors (Lipinski definition) is 3. The molecule has 0 saturated carbocycles. The molecular formula is C9H11N3Na4O8S. The molecule has 2 unspecified atom stereocenters. The van der Waals surface area contributed by atoms with E-state index in [9.17, 15) is 39.6 Å². The molecule has 0 saturated heterocycles. The SMILES string of the molecule is NC(N)=S.O=C([O-])CC(NC(CC(=O)[O-])C(=O)[O-])C(=O)[O-].[Na+].[Na+].[Na+].[Na+]. The van der Waals surface area contributed by atoms with Crippen molar-refractivity contribution in [2.24, 2.45) is 11.5 Å². The maximum Gasteiger partial charge on any atom is 1.00 e. The van der Waals surface area contributed by atoms with E-state index < -0.39 is 48.8 Å². The van der Waals surface area contributed by atoms with E-state index in [1.165, 1.54) is 0 Å². The molecule has 0 aliphatic heterocycles. The standard InChI is InChI=1S/C8H11NO8.CH4N2S.4Na/c10-5(11)1-3(7(14)15)9-4(8(16)17)2-6(12)13;2-1(3)4;;;;/h3-4,9H,1-2H2,(H,10,11)(H,12,13)(H,14,15)(H,16,17);(H4,2,3,4);;;;/q;;4*+1/p-4.